The second-order valence-corrected chi connectivity index (χ2v) is 9.05. The van der Waals surface area contributed by atoms with Crippen LogP contribution >= 0.6 is 31.9 Å². The van der Waals surface area contributed by atoms with Gasteiger partial charge >= 0.3 is 5.97 Å². The maximum Gasteiger partial charge on any atom is 0.306 e. The van der Waals surface area contributed by atoms with Crippen molar-refractivity contribution in [1.29, 1.82) is 0 Å². The van der Waals surface area contributed by atoms with Gasteiger partial charge in [0.2, 0.25) is 0 Å². The highest BCUT2D eigenvalue weighted by Gasteiger charge is 2.73. The van der Waals surface area contributed by atoms with Crippen molar-refractivity contribution in [2.75, 3.05) is 0 Å². The predicted molar refractivity (Wildman–Crippen MR) is 68.6 cm³/mol. The van der Waals surface area contributed by atoms with Crippen LogP contribution in [-0.2, 0) is 9.53 Å². The van der Waals surface area contributed by atoms with Crippen LogP contribution in [0, 0.1) is 22.7 Å². The number of carbonyl (C=O) groups is 1. The van der Waals surface area contributed by atoms with Crippen LogP contribution in [0.4, 0.5) is 0 Å². The molecule has 1 heterocycles. The Kier molecular flexibility index (Phi) is 2.34. The monoisotopic (exact) mass is 350 g/mol. The highest BCUT2D eigenvalue weighted by Crippen LogP contribution is 2.73. The first-order valence-electron chi connectivity index (χ1n) is 5.89. The molecule has 2 aliphatic carbocycles. The summed E-state index contributed by atoms with van der Waals surface area (Å²) in [5.41, 5.74) is 0.329. The maximum absolute atomic E-state index is 11.5. The molecule has 4 heteroatoms. The summed E-state index contributed by atoms with van der Waals surface area (Å²) < 4.78 is 5.85. The zero-order valence-electron chi connectivity index (χ0n) is 9.50. The fourth-order valence-corrected chi connectivity index (χ4v) is 6.77. The Hall–Kier alpha value is 0.430. The molecule has 3 fully saturated rings. The molecule has 0 aromatic carbocycles. The Labute approximate surface area is 113 Å². The van der Waals surface area contributed by atoms with E-state index in [1.165, 1.54) is 6.42 Å². The van der Waals surface area contributed by atoms with Crippen molar-refractivity contribution < 1.29 is 9.53 Å². The zero-order valence-corrected chi connectivity index (χ0v) is 12.7. The van der Waals surface area contributed by atoms with E-state index in [0.717, 1.165) is 6.42 Å². The van der Waals surface area contributed by atoms with Gasteiger partial charge in [-0.15, -0.1) is 0 Å². The van der Waals surface area contributed by atoms with Gasteiger partial charge in [0.25, 0.3) is 0 Å². The summed E-state index contributed by atoms with van der Waals surface area (Å²) in [5.74, 6) is 1.10. The summed E-state index contributed by atoms with van der Waals surface area (Å²) in [5, 5.41) is 0. The molecule has 1 aliphatic heterocycles. The molecule has 0 amide bonds. The third-order valence-electron chi connectivity index (χ3n) is 5.46. The van der Waals surface area contributed by atoms with Gasteiger partial charge in [-0.2, -0.15) is 0 Å². The Morgan fingerprint density at radius 2 is 2.12 bits per heavy atom. The first-order chi connectivity index (χ1) is 7.41. The zero-order chi connectivity index (χ0) is 11.7. The number of carbonyl (C=O) groups excluding carboxylic acids is 1. The highest BCUT2D eigenvalue weighted by atomic mass is 79.9. The van der Waals surface area contributed by atoms with Gasteiger partial charge in [0.15, 0.2) is 0 Å². The number of hydrogen-bond acceptors (Lipinski definition) is 2. The molecule has 0 radical (unpaired) electrons. The molecule has 2 saturated carbocycles. The Bertz CT molecular complexity index is 353. The van der Waals surface area contributed by atoms with E-state index in [9.17, 15) is 4.79 Å². The largest absolute Gasteiger partial charge is 0.461 e. The second kappa shape index (κ2) is 3.25. The second-order valence-electron chi connectivity index (χ2n) is 5.99. The van der Waals surface area contributed by atoms with Gasteiger partial charge in [-0.25, -0.2) is 0 Å². The lowest BCUT2D eigenvalue weighted by molar-refractivity contribution is -0.147. The molecule has 2 bridgehead atoms. The molecule has 1 saturated heterocycles. The SMILES string of the molecule is CC1(C)[C@@H]2CC[C@@]1(C(Br)Br)[C@@H]1OC(=O)C[C@H]21. The van der Waals surface area contributed by atoms with Crippen LogP contribution in [0.1, 0.15) is 33.1 Å². The number of fused-ring (bicyclic) bond motifs is 5. The summed E-state index contributed by atoms with van der Waals surface area (Å²) in [6, 6.07) is 0. The summed E-state index contributed by atoms with van der Waals surface area (Å²) in [6.07, 6.45) is 3.14. The van der Waals surface area contributed by atoms with Crippen molar-refractivity contribution in [3.63, 3.8) is 0 Å². The molecule has 90 valence electrons. The van der Waals surface area contributed by atoms with Gasteiger partial charge in [-0.1, -0.05) is 45.7 Å². The Morgan fingerprint density at radius 1 is 1.44 bits per heavy atom. The van der Waals surface area contributed by atoms with Gasteiger partial charge in [-0.05, 0) is 24.2 Å². The maximum atomic E-state index is 11.5. The number of alkyl halides is 2. The van der Waals surface area contributed by atoms with Crippen LogP contribution in [0.5, 0.6) is 0 Å². The molecule has 0 N–H and O–H groups in total. The minimum atomic E-state index is 0.00225. The van der Waals surface area contributed by atoms with E-state index in [-0.39, 0.29) is 26.6 Å². The average Bonchev–Trinajstić information content (AvgIpc) is 2.70. The number of rotatable bonds is 1. The fourth-order valence-electron chi connectivity index (χ4n) is 4.61. The molecular formula is C12H16Br2O2. The van der Waals surface area contributed by atoms with E-state index in [2.05, 4.69) is 45.7 Å². The molecule has 0 unspecified atom stereocenters. The van der Waals surface area contributed by atoms with Gasteiger partial charge in [-0.3, -0.25) is 4.79 Å². The molecule has 3 aliphatic rings. The molecule has 0 aromatic heterocycles. The van der Waals surface area contributed by atoms with E-state index < -0.39 is 0 Å². The average molecular weight is 352 g/mol. The van der Waals surface area contributed by atoms with Crippen LogP contribution in [0.15, 0.2) is 0 Å². The molecule has 0 aromatic rings. The van der Waals surface area contributed by atoms with E-state index in [1.807, 2.05) is 0 Å². The summed E-state index contributed by atoms with van der Waals surface area (Å²) >= 11 is 7.41. The van der Waals surface area contributed by atoms with E-state index in [0.29, 0.717) is 18.3 Å². The lowest BCUT2D eigenvalue weighted by atomic mass is 9.70. The van der Waals surface area contributed by atoms with Gasteiger partial charge < -0.3 is 4.74 Å². The first kappa shape index (κ1) is 11.5. The van der Waals surface area contributed by atoms with Crippen LogP contribution in [-0.4, -0.2) is 15.8 Å². The van der Waals surface area contributed by atoms with E-state index in [1.54, 1.807) is 0 Å². The van der Waals surface area contributed by atoms with E-state index >= 15 is 0 Å². The van der Waals surface area contributed by atoms with Crippen LogP contribution < -0.4 is 0 Å². The molecule has 2 nitrogen and oxygen atoms in total. The first-order valence-corrected chi connectivity index (χ1v) is 7.72. The summed E-state index contributed by atoms with van der Waals surface area (Å²) in [7, 11) is 0. The van der Waals surface area contributed by atoms with Crippen LogP contribution in [0.3, 0.4) is 0 Å². The molecule has 16 heavy (non-hydrogen) atoms. The number of hydrogen-bond donors (Lipinski definition) is 0. The Balaban J connectivity index is 2.09. The minimum absolute atomic E-state index is 0.00225. The van der Waals surface area contributed by atoms with Crippen molar-refractivity contribution in [1.82, 2.24) is 0 Å². The van der Waals surface area contributed by atoms with Crippen molar-refractivity contribution >= 4 is 37.8 Å². The van der Waals surface area contributed by atoms with Gasteiger partial charge in [0, 0.05) is 11.3 Å². The summed E-state index contributed by atoms with van der Waals surface area (Å²) in [4.78, 5) is 11.5. The summed E-state index contributed by atoms with van der Waals surface area (Å²) in [6.45, 7) is 4.68. The van der Waals surface area contributed by atoms with Crippen LogP contribution in [0.25, 0.3) is 0 Å². The lowest BCUT2D eigenvalue weighted by Gasteiger charge is -2.42. The molecule has 4 atom stereocenters. The number of esters is 1. The highest BCUT2D eigenvalue weighted by molar-refractivity contribution is 9.24. The molecular weight excluding hydrogens is 336 g/mol. The van der Waals surface area contributed by atoms with Gasteiger partial charge in [0.1, 0.15) is 6.10 Å². The lowest BCUT2D eigenvalue weighted by Crippen LogP contribution is -2.45. The van der Waals surface area contributed by atoms with Crippen molar-refractivity contribution in [3.05, 3.63) is 0 Å². The predicted octanol–water partition coefficient (Wildman–Crippen LogP) is 3.47. The third-order valence-corrected chi connectivity index (χ3v) is 7.09. The Morgan fingerprint density at radius 3 is 2.75 bits per heavy atom. The number of halogens is 2. The van der Waals surface area contributed by atoms with Crippen molar-refractivity contribution in [2.24, 2.45) is 22.7 Å². The topological polar surface area (TPSA) is 26.3 Å². The fraction of sp³-hybridized carbons (Fsp3) is 0.917. The normalized spacial score (nSPS) is 48.6. The quantitative estimate of drug-likeness (QED) is 0.534. The number of ether oxygens (including phenoxy) is 1. The molecule has 0 spiro atoms. The standard InChI is InChI=1S/C12H16Br2O2/c1-11(2)7-3-4-12(11,10(13)14)9-6(7)5-8(15)16-9/h6-7,9-10H,3-5H2,1-2H3/t6-,7-,9-,12+/m1/s1. The van der Waals surface area contributed by atoms with Crippen molar-refractivity contribution in [2.45, 2.75) is 43.0 Å². The van der Waals surface area contributed by atoms with E-state index in [4.69, 9.17) is 4.74 Å². The minimum Gasteiger partial charge on any atom is -0.461 e. The van der Waals surface area contributed by atoms with Crippen LogP contribution in [0.2, 0.25) is 0 Å². The van der Waals surface area contributed by atoms with Crippen molar-refractivity contribution in [3.8, 4) is 0 Å². The smallest absolute Gasteiger partial charge is 0.306 e. The third kappa shape index (κ3) is 1.07. The molecule has 3 rings (SSSR count). The van der Waals surface area contributed by atoms with Gasteiger partial charge in [0.05, 0.1) is 10.2 Å².